The van der Waals surface area contributed by atoms with Crippen LogP contribution >= 0.6 is 0 Å². The van der Waals surface area contributed by atoms with E-state index >= 15 is 0 Å². The van der Waals surface area contributed by atoms with E-state index in [-0.39, 0.29) is 24.2 Å². The van der Waals surface area contributed by atoms with Crippen LogP contribution in [0.25, 0.3) is 0 Å². The second-order valence-corrected chi connectivity index (χ2v) is 9.99. The molecular formula is C26H29FN2O4S. The lowest BCUT2D eigenvalue weighted by molar-refractivity contribution is 0.0935. The SMILES string of the molecule is CC[C@H](NC(=O)c1ccc(CN(c2ccccc2F)S(C)(=O)=O)cc1)c1ccc(OC)c(C)c1. The minimum absolute atomic E-state index is 0.0209. The highest BCUT2D eigenvalue weighted by Crippen LogP contribution is 2.26. The van der Waals surface area contributed by atoms with Crippen LogP contribution in [0.1, 0.15) is 46.4 Å². The molecule has 0 bridgehead atoms. The largest absolute Gasteiger partial charge is 0.496 e. The first-order chi connectivity index (χ1) is 16.1. The molecule has 3 aromatic carbocycles. The van der Waals surface area contributed by atoms with Crippen molar-refractivity contribution in [3.8, 4) is 5.75 Å². The van der Waals surface area contributed by atoms with Gasteiger partial charge < -0.3 is 10.1 Å². The molecule has 1 amide bonds. The Bertz CT molecular complexity index is 1260. The van der Waals surface area contributed by atoms with Crippen molar-refractivity contribution < 1.29 is 22.3 Å². The van der Waals surface area contributed by atoms with Crippen LogP contribution in [-0.4, -0.2) is 27.7 Å². The number of halogens is 1. The van der Waals surface area contributed by atoms with Crippen molar-refractivity contribution in [2.75, 3.05) is 17.7 Å². The maximum Gasteiger partial charge on any atom is 0.251 e. The van der Waals surface area contributed by atoms with E-state index in [2.05, 4.69) is 5.32 Å². The quantitative estimate of drug-likeness (QED) is 0.464. The number of amides is 1. The van der Waals surface area contributed by atoms with Crippen LogP contribution in [0.15, 0.2) is 66.7 Å². The molecule has 3 aromatic rings. The van der Waals surface area contributed by atoms with Crippen LogP contribution in [0.4, 0.5) is 10.1 Å². The summed E-state index contributed by atoms with van der Waals surface area (Å²) >= 11 is 0. The maximum absolute atomic E-state index is 14.2. The van der Waals surface area contributed by atoms with Crippen LogP contribution in [0, 0.1) is 12.7 Å². The minimum atomic E-state index is -3.72. The summed E-state index contributed by atoms with van der Waals surface area (Å²) in [5.41, 5.74) is 3.03. The fourth-order valence-corrected chi connectivity index (χ4v) is 4.63. The molecule has 180 valence electrons. The smallest absolute Gasteiger partial charge is 0.251 e. The number of rotatable bonds is 9. The number of carbonyl (C=O) groups is 1. The third kappa shape index (κ3) is 5.94. The first-order valence-corrected chi connectivity index (χ1v) is 12.8. The number of anilines is 1. The number of nitrogens with zero attached hydrogens (tertiary/aromatic N) is 1. The van der Waals surface area contributed by atoms with Gasteiger partial charge in [-0.3, -0.25) is 9.10 Å². The van der Waals surface area contributed by atoms with Gasteiger partial charge in [-0.1, -0.05) is 43.3 Å². The average Bonchev–Trinajstić information content (AvgIpc) is 2.81. The molecule has 0 radical (unpaired) electrons. The number of carbonyl (C=O) groups excluding carboxylic acids is 1. The Kier molecular flexibility index (Phi) is 7.94. The zero-order valence-corrected chi connectivity index (χ0v) is 20.5. The standard InChI is InChI=1S/C26H29FN2O4S/c1-5-23(21-14-15-25(33-3)18(2)16-21)28-26(30)20-12-10-19(11-13-20)17-29(34(4,31)32)24-9-7-6-8-22(24)27/h6-16,23H,5,17H2,1-4H3,(H,28,30)/t23-/m0/s1. The van der Waals surface area contributed by atoms with E-state index in [0.29, 0.717) is 17.5 Å². The highest BCUT2D eigenvalue weighted by molar-refractivity contribution is 7.92. The van der Waals surface area contributed by atoms with Crippen LogP contribution < -0.4 is 14.4 Å². The number of hydrogen-bond acceptors (Lipinski definition) is 4. The van der Waals surface area contributed by atoms with E-state index in [9.17, 15) is 17.6 Å². The molecule has 6 nitrogen and oxygen atoms in total. The molecule has 0 aliphatic heterocycles. The predicted molar refractivity (Wildman–Crippen MR) is 132 cm³/mol. The van der Waals surface area contributed by atoms with Gasteiger partial charge in [0.2, 0.25) is 10.0 Å². The van der Waals surface area contributed by atoms with Crippen molar-refractivity contribution in [2.45, 2.75) is 32.9 Å². The predicted octanol–water partition coefficient (Wildman–Crippen LogP) is 4.99. The average molecular weight is 485 g/mol. The summed E-state index contributed by atoms with van der Waals surface area (Å²) in [7, 11) is -2.10. The summed E-state index contributed by atoms with van der Waals surface area (Å²) in [5.74, 6) is -0.0664. The van der Waals surface area contributed by atoms with Crippen molar-refractivity contribution in [1.29, 1.82) is 0 Å². The molecule has 0 aliphatic carbocycles. The summed E-state index contributed by atoms with van der Waals surface area (Å²) in [5, 5.41) is 3.05. The van der Waals surface area contributed by atoms with E-state index in [4.69, 9.17) is 4.74 Å². The molecule has 0 heterocycles. The zero-order chi connectivity index (χ0) is 24.9. The van der Waals surface area contributed by atoms with E-state index < -0.39 is 15.8 Å². The number of para-hydroxylation sites is 1. The molecule has 1 atom stereocenters. The second-order valence-electron chi connectivity index (χ2n) is 8.08. The monoisotopic (exact) mass is 484 g/mol. The highest BCUT2D eigenvalue weighted by Gasteiger charge is 2.21. The van der Waals surface area contributed by atoms with Crippen molar-refractivity contribution >= 4 is 21.6 Å². The first kappa shape index (κ1) is 25.2. The molecule has 3 rings (SSSR count). The van der Waals surface area contributed by atoms with Gasteiger partial charge in [0.1, 0.15) is 11.6 Å². The third-order valence-corrected chi connectivity index (χ3v) is 6.73. The van der Waals surface area contributed by atoms with E-state index in [0.717, 1.165) is 27.4 Å². The van der Waals surface area contributed by atoms with Gasteiger partial charge in [-0.05, 0) is 60.4 Å². The van der Waals surface area contributed by atoms with Gasteiger partial charge in [-0.15, -0.1) is 0 Å². The third-order valence-electron chi connectivity index (χ3n) is 5.60. The molecule has 34 heavy (non-hydrogen) atoms. The summed E-state index contributed by atoms with van der Waals surface area (Å²) < 4.78 is 45.2. The topological polar surface area (TPSA) is 75.7 Å². The van der Waals surface area contributed by atoms with Crippen LogP contribution in [0.3, 0.4) is 0 Å². The Balaban J connectivity index is 1.75. The van der Waals surface area contributed by atoms with Gasteiger partial charge in [-0.2, -0.15) is 0 Å². The van der Waals surface area contributed by atoms with Crippen LogP contribution in [0.2, 0.25) is 0 Å². The Morgan fingerprint density at radius 2 is 1.76 bits per heavy atom. The molecule has 0 spiro atoms. The fourth-order valence-electron chi connectivity index (χ4n) is 3.74. The van der Waals surface area contributed by atoms with E-state index in [1.807, 2.05) is 32.0 Å². The Hall–Kier alpha value is -3.39. The number of benzene rings is 3. The van der Waals surface area contributed by atoms with Gasteiger partial charge >= 0.3 is 0 Å². The molecule has 0 aliphatic rings. The number of hydrogen-bond donors (Lipinski definition) is 1. The van der Waals surface area contributed by atoms with Crippen molar-refractivity contribution in [3.63, 3.8) is 0 Å². The zero-order valence-electron chi connectivity index (χ0n) is 19.7. The number of ether oxygens (including phenoxy) is 1. The molecule has 1 N–H and O–H groups in total. The number of methoxy groups -OCH3 is 1. The van der Waals surface area contributed by atoms with Crippen molar-refractivity contribution in [2.24, 2.45) is 0 Å². The lowest BCUT2D eigenvalue weighted by Gasteiger charge is -2.23. The van der Waals surface area contributed by atoms with Crippen molar-refractivity contribution in [1.82, 2.24) is 5.32 Å². The van der Waals surface area contributed by atoms with Crippen LogP contribution in [-0.2, 0) is 16.6 Å². The Labute approximate surface area is 200 Å². The van der Waals surface area contributed by atoms with Gasteiger partial charge in [0.25, 0.3) is 5.91 Å². The summed E-state index contributed by atoms with van der Waals surface area (Å²) in [6.45, 7) is 3.90. The van der Waals surface area contributed by atoms with Gasteiger partial charge in [0.05, 0.1) is 31.6 Å². The minimum Gasteiger partial charge on any atom is -0.496 e. The molecule has 8 heteroatoms. The van der Waals surface area contributed by atoms with E-state index in [1.165, 1.54) is 18.2 Å². The first-order valence-electron chi connectivity index (χ1n) is 10.9. The molecule has 0 fully saturated rings. The highest BCUT2D eigenvalue weighted by atomic mass is 32.2. The summed E-state index contributed by atoms with van der Waals surface area (Å²) in [6, 6.07) is 18.0. The lowest BCUT2D eigenvalue weighted by Crippen LogP contribution is -2.30. The number of sulfonamides is 1. The molecule has 0 unspecified atom stereocenters. The fraction of sp³-hybridized carbons (Fsp3) is 0.269. The Morgan fingerprint density at radius 3 is 2.32 bits per heavy atom. The second kappa shape index (κ2) is 10.7. The molecular weight excluding hydrogens is 455 g/mol. The van der Waals surface area contributed by atoms with Gasteiger partial charge in [0.15, 0.2) is 0 Å². The molecule has 0 aromatic heterocycles. The summed E-state index contributed by atoms with van der Waals surface area (Å²) in [4.78, 5) is 12.9. The van der Waals surface area contributed by atoms with E-state index in [1.54, 1.807) is 37.4 Å². The Morgan fingerprint density at radius 1 is 1.09 bits per heavy atom. The summed E-state index contributed by atoms with van der Waals surface area (Å²) in [6.07, 6.45) is 1.74. The number of aryl methyl sites for hydroxylation is 1. The van der Waals surface area contributed by atoms with Gasteiger partial charge in [-0.25, -0.2) is 12.8 Å². The van der Waals surface area contributed by atoms with Crippen molar-refractivity contribution in [3.05, 3.63) is 94.8 Å². The maximum atomic E-state index is 14.2. The lowest BCUT2D eigenvalue weighted by atomic mass is 10.0. The number of nitrogens with one attached hydrogen (secondary N) is 1. The molecule has 0 saturated heterocycles. The normalized spacial score (nSPS) is 12.1. The van der Waals surface area contributed by atoms with Crippen LogP contribution in [0.5, 0.6) is 5.75 Å². The van der Waals surface area contributed by atoms with Gasteiger partial charge in [0, 0.05) is 5.56 Å². The molecule has 0 saturated carbocycles.